The maximum Gasteiger partial charge on any atom is 0.136 e. The summed E-state index contributed by atoms with van der Waals surface area (Å²) in [6.07, 6.45) is 0. The highest BCUT2D eigenvalue weighted by molar-refractivity contribution is 6.29. The number of fused-ring (bicyclic) bond motifs is 7. The summed E-state index contributed by atoms with van der Waals surface area (Å²) in [6.45, 7) is 0. The zero-order valence-corrected chi connectivity index (χ0v) is 18.0. The largest absolute Gasteiger partial charge is 0.456 e. The van der Waals surface area contributed by atoms with Crippen LogP contribution in [0, 0.1) is 0 Å². The minimum Gasteiger partial charge on any atom is -0.456 e. The molecule has 0 N–H and O–H groups in total. The summed E-state index contributed by atoms with van der Waals surface area (Å²) in [7, 11) is 0. The van der Waals surface area contributed by atoms with Gasteiger partial charge in [-0.25, -0.2) is 0 Å². The van der Waals surface area contributed by atoms with Crippen LogP contribution >= 0.6 is 0 Å². The highest BCUT2D eigenvalue weighted by Crippen LogP contribution is 2.44. The second-order valence-electron chi connectivity index (χ2n) is 8.52. The third-order valence-electron chi connectivity index (χ3n) is 6.66. The molecular formula is C32H20O. The molecule has 0 amide bonds. The summed E-state index contributed by atoms with van der Waals surface area (Å²) in [6, 6.07) is 42.9. The van der Waals surface area contributed by atoms with E-state index in [4.69, 9.17) is 4.42 Å². The van der Waals surface area contributed by atoms with Gasteiger partial charge in [-0.05, 0) is 55.9 Å². The van der Waals surface area contributed by atoms with Crippen LogP contribution in [-0.4, -0.2) is 0 Å². The standard InChI is InChI=1S/C32H20O/c1-3-11-21(12-4-1)27-19-29-31(25-17-9-7-15-23(25)27)32-26-18-10-8-16-24(26)28(20-30(32)33-29)22-13-5-2-6-14-22/h1-20H. The van der Waals surface area contributed by atoms with Crippen molar-refractivity contribution in [3.8, 4) is 22.3 Å². The molecule has 1 aromatic heterocycles. The van der Waals surface area contributed by atoms with Gasteiger partial charge in [0.25, 0.3) is 0 Å². The molecule has 0 saturated carbocycles. The number of hydrogen-bond donors (Lipinski definition) is 0. The van der Waals surface area contributed by atoms with Crippen molar-refractivity contribution in [3.05, 3.63) is 121 Å². The van der Waals surface area contributed by atoms with Crippen molar-refractivity contribution in [2.45, 2.75) is 0 Å². The highest BCUT2D eigenvalue weighted by atomic mass is 16.3. The van der Waals surface area contributed by atoms with Gasteiger partial charge in [0.1, 0.15) is 11.2 Å². The lowest BCUT2D eigenvalue weighted by atomic mass is 9.92. The fraction of sp³-hybridized carbons (Fsp3) is 0. The van der Waals surface area contributed by atoms with E-state index in [-0.39, 0.29) is 0 Å². The molecule has 0 saturated heterocycles. The first-order chi connectivity index (χ1) is 16.4. The molecule has 0 aliphatic rings. The number of furan rings is 1. The van der Waals surface area contributed by atoms with Crippen molar-refractivity contribution in [1.29, 1.82) is 0 Å². The van der Waals surface area contributed by atoms with Crippen LogP contribution < -0.4 is 0 Å². The summed E-state index contributed by atoms with van der Waals surface area (Å²) in [5, 5.41) is 7.33. The molecule has 154 valence electrons. The Labute approximate surface area is 191 Å². The van der Waals surface area contributed by atoms with Crippen LogP contribution in [0.5, 0.6) is 0 Å². The van der Waals surface area contributed by atoms with E-state index in [1.165, 1.54) is 54.6 Å². The average Bonchev–Trinajstić information content (AvgIpc) is 3.28. The Hall–Kier alpha value is -4.36. The predicted octanol–water partition coefficient (Wildman–Crippen LogP) is 9.23. The molecule has 0 aliphatic heterocycles. The molecule has 7 aromatic rings. The van der Waals surface area contributed by atoms with Gasteiger partial charge in [0.2, 0.25) is 0 Å². The molecule has 6 aromatic carbocycles. The minimum absolute atomic E-state index is 0.929. The normalized spacial score (nSPS) is 11.6. The van der Waals surface area contributed by atoms with Crippen LogP contribution in [0.25, 0.3) is 65.7 Å². The molecule has 33 heavy (non-hydrogen) atoms. The van der Waals surface area contributed by atoms with Crippen molar-refractivity contribution < 1.29 is 4.42 Å². The monoisotopic (exact) mass is 420 g/mol. The molecule has 0 radical (unpaired) electrons. The summed E-state index contributed by atoms with van der Waals surface area (Å²) in [5.74, 6) is 0. The maximum absolute atomic E-state index is 6.59. The Morgan fingerprint density at radius 2 is 0.727 bits per heavy atom. The number of rotatable bonds is 2. The quantitative estimate of drug-likeness (QED) is 0.272. The lowest BCUT2D eigenvalue weighted by Gasteiger charge is -2.10. The highest BCUT2D eigenvalue weighted by Gasteiger charge is 2.18. The van der Waals surface area contributed by atoms with Gasteiger partial charge in [0, 0.05) is 10.8 Å². The third kappa shape index (κ3) is 2.73. The second kappa shape index (κ2) is 7.08. The van der Waals surface area contributed by atoms with E-state index in [1.54, 1.807) is 0 Å². The van der Waals surface area contributed by atoms with Gasteiger partial charge in [-0.2, -0.15) is 0 Å². The smallest absolute Gasteiger partial charge is 0.136 e. The molecule has 0 unspecified atom stereocenters. The number of benzene rings is 6. The lowest BCUT2D eigenvalue weighted by Crippen LogP contribution is -1.84. The van der Waals surface area contributed by atoms with Crippen molar-refractivity contribution in [3.63, 3.8) is 0 Å². The van der Waals surface area contributed by atoms with Crippen molar-refractivity contribution in [1.82, 2.24) is 0 Å². The Kier molecular flexibility index (Phi) is 3.91. The molecule has 1 heteroatoms. The summed E-state index contributed by atoms with van der Waals surface area (Å²) < 4.78 is 6.59. The Balaban J connectivity index is 1.67. The van der Waals surface area contributed by atoms with Crippen molar-refractivity contribution >= 4 is 43.5 Å². The second-order valence-corrected chi connectivity index (χ2v) is 8.52. The topological polar surface area (TPSA) is 13.1 Å². The molecule has 1 heterocycles. The first-order valence-electron chi connectivity index (χ1n) is 11.3. The van der Waals surface area contributed by atoms with Crippen LogP contribution in [0.1, 0.15) is 0 Å². The van der Waals surface area contributed by atoms with Gasteiger partial charge in [0.15, 0.2) is 0 Å². The van der Waals surface area contributed by atoms with Crippen LogP contribution in [-0.2, 0) is 0 Å². The van der Waals surface area contributed by atoms with Crippen LogP contribution in [0.2, 0.25) is 0 Å². The van der Waals surface area contributed by atoms with Gasteiger partial charge >= 0.3 is 0 Å². The first-order valence-corrected chi connectivity index (χ1v) is 11.3. The summed E-state index contributed by atoms with van der Waals surface area (Å²) in [4.78, 5) is 0. The van der Waals surface area contributed by atoms with E-state index in [2.05, 4.69) is 121 Å². The molecule has 7 rings (SSSR count). The number of hydrogen-bond acceptors (Lipinski definition) is 1. The minimum atomic E-state index is 0.929. The Morgan fingerprint density at radius 1 is 0.364 bits per heavy atom. The van der Waals surface area contributed by atoms with Gasteiger partial charge in [-0.1, -0.05) is 109 Å². The lowest BCUT2D eigenvalue weighted by molar-refractivity contribution is 0.670. The van der Waals surface area contributed by atoms with E-state index in [0.29, 0.717) is 0 Å². The molecular weight excluding hydrogens is 400 g/mol. The molecule has 0 aliphatic carbocycles. The molecule has 0 fully saturated rings. The Morgan fingerprint density at radius 3 is 1.15 bits per heavy atom. The molecule has 1 nitrogen and oxygen atoms in total. The third-order valence-corrected chi connectivity index (χ3v) is 6.66. The van der Waals surface area contributed by atoms with E-state index in [0.717, 1.165) is 11.2 Å². The fourth-order valence-corrected chi connectivity index (χ4v) is 5.21. The van der Waals surface area contributed by atoms with Gasteiger partial charge in [0.05, 0.1) is 0 Å². The Bertz CT molecular complexity index is 1660. The van der Waals surface area contributed by atoms with Gasteiger partial charge in [-0.3, -0.25) is 0 Å². The average molecular weight is 421 g/mol. The van der Waals surface area contributed by atoms with Crippen LogP contribution in [0.3, 0.4) is 0 Å². The zero-order chi connectivity index (χ0) is 21.8. The molecule has 0 spiro atoms. The summed E-state index contributed by atoms with van der Waals surface area (Å²) in [5.41, 5.74) is 6.66. The zero-order valence-electron chi connectivity index (χ0n) is 18.0. The SMILES string of the molecule is c1ccc(-c2cc3oc4cc(-c5ccccc5)c5ccccc5c4c3c3ccccc23)cc1. The maximum atomic E-state index is 6.59. The van der Waals surface area contributed by atoms with Crippen molar-refractivity contribution in [2.24, 2.45) is 0 Å². The van der Waals surface area contributed by atoms with Gasteiger partial charge in [-0.15, -0.1) is 0 Å². The van der Waals surface area contributed by atoms with Gasteiger partial charge < -0.3 is 4.42 Å². The van der Waals surface area contributed by atoms with E-state index < -0.39 is 0 Å². The van der Waals surface area contributed by atoms with Crippen molar-refractivity contribution in [2.75, 3.05) is 0 Å². The van der Waals surface area contributed by atoms with Crippen LogP contribution in [0.4, 0.5) is 0 Å². The van der Waals surface area contributed by atoms with E-state index >= 15 is 0 Å². The molecule has 0 atom stereocenters. The summed E-state index contributed by atoms with van der Waals surface area (Å²) >= 11 is 0. The fourth-order valence-electron chi connectivity index (χ4n) is 5.21. The van der Waals surface area contributed by atoms with E-state index in [9.17, 15) is 0 Å². The molecule has 0 bridgehead atoms. The predicted molar refractivity (Wildman–Crippen MR) is 140 cm³/mol. The van der Waals surface area contributed by atoms with E-state index in [1.807, 2.05) is 0 Å². The first kappa shape index (κ1) is 18.2. The van der Waals surface area contributed by atoms with Crippen LogP contribution in [0.15, 0.2) is 126 Å².